The Kier molecular flexibility index (Phi) is 6.77. The predicted molar refractivity (Wildman–Crippen MR) is 91.4 cm³/mol. The number of hydrogen-bond acceptors (Lipinski definition) is 3. The molecule has 0 aliphatic carbocycles. The van der Waals surface area contributed by atoms with Crippen molar-refractivity contribution in [2.24, 2.45) is 0 Å². The van der Waals surface area contributed by atoms with Gasteiger partial charge in [-0.1, -0.05) is 25.1 Å². The van der Waals surface area contributed by atoms with E-state index in [-0.39, 0.29) is 0 Å². The third-order valence-corrected chi connectivity index (χ3v) is 4.69. The largest absolute Gasteiger partial charge is 0.497 e. The minimum Gasteiger partial charge on any atom is -0.497 e. The van der Waals surface area contributed by atoms with Crippen LogP contribution in [-0.2, 0) is 12.8 Å². The van der Waals surface area contributed by atoms with Crippen LogP contribution in [0.3, 0.4) is 0 Å². The second-order valence-electron chi connectivity index (χ2n) is 5.26. The van der Waals surface area contributed by atoms with Crippen LogP contribution in [0.4, 0.5) is 0 Å². The maximum atomic E-state index is 5.20. The van der Waals surface area contributed by atoms with Crippen LogP contribution in [0, 0.1) is 0 Å². The van der Waals surface area contributed by atoms with E-state index in [0.29, 0.717) is 6.04 Å². The molecule has 114 valence electrons. The van der Waals surface area contributed by atoms with E-state index in [1.807, 2.05) is 23.5 Å². The van der Waals surface area contributed by atoms with Crippen LogP contribution in [-0.4, -0.2) is 19.7 Å². The summed E-state index contributed by atoms with van der Waals surface area (Å²) in [5.74, 6) is 0.930. The molecule has 0 saturated heterocycles. The van der Waals surface area contributed by atoms with Crippen molar-refractivity contribution in [1.29, 1.82) is 0 Å². The Hall–Kier alpha value is -1.32. The van der Waals surface area contributed by atoms with E-state index in [1.165, 1.54) is 29.7 Å². The van der Waals surface area contributed by atoms with Gasteiger partial charge in [0.25, 0.3) is 0 Å². The van der Waals surface area contributed by atoms with Crippen molar-refractivity contribution in [3.8, 4) is 5.75 Å². The van der Waals surface area contributed by atoms with Crippen molar-refractivity contribution in [2.45, 2.75) is 38.6 Å². The second-order valence-corrected chi connectivity index (χ2v) is 6.29. The second kappa shape index (κ2) is 8.85. The van der Waals surface area contributed by atoms with Gasteiger partial charge in [-0.15, -0.1) is 11.3 Å². The fraction of sp³-hybridized carbons (Fsp3) is 0.444. The zero-order chi connectivity index (χ0) is 14.9. The van der Waals surface area contributed by atoms with Crippen LogP contribution in [0.15, 0.2) is 41.8 Å². The van der Waals surface area contributed by atoms with E-state index in [1.54, 1.807) is 7.11 Å². The van der Waals surface area contributed by atoms with Gasteiger partial charge in [-0.3, -0.25) is 0 Å². The summed E-state index contributed by atoms with van der Waals surface area (Å²) in [4.78, 5) is 1.49. The molecule has 0 fully saturated rings. The lowest BCUT2D eigenvalue weighted by Crippen LogP contribution is -2.29. The Morgan fingerprint density at radius 3 is 2.48 bits per heavy atom. The van der Waals surface area contributed by atoms with Gasteiger partial charge in [0.05, 0.1) is 7.11 Å². The van der Waals surface area contributed by atoms with E-state index in [2.05, 4.69) is 41.9 Å². The molecule has 0 aliphatic heterocycles. The molecular formula is C18H25NOS. The molecule has 2 aromatic rings. The highest BCUT2D eigenvalue weighted by Gasteiger charge is 2.08. The molecule has 0 bridgehead atoms. The standard InChI is InChI=1S/C18H25NOS/c1-3-19-16(10-13-18-5-4-14-21-18)9-6-15-7-11-17(20-2)12-8-15/h4-5,7-8,11-12,14,16,19H,3,6,9-10,13H2,1-2H3. The molecule has 1 aromatic carbocycles. The number of hydrogen-bond donors (Lipinski definition) is 1. The van der Waals surface area contributed by atoms with Gasteiger partial charge in [-0.05, 0) is 61.4 Å². The first-order valence-corrected chi connectivity index (χ1v) is 8.58. The number of benzene rings is 1. The lowest BCUT2D eigenvalue weighted by Gasteiger charge is -2.17. The van der Waals surface area contributed by atoms with Gasteiger partial charge in [-0.25, -0.2) is 0 Å². The number of ether oxygens (including phenoxy) is 1. The van der Waals surface area contributed by atoms with Crippen LogP contribution in [0.2, 0.25) is 0 Å². The van der Waals surface area contributed by atoms with Gasteiger partial charge in [0.1, 0.15) is 5.75 Å². The van der Waals surface area contributed by atoms with Crippen LogP contribution in [0.1, 0.15) is 30.2 Å². The average Bonchev–Trinajstić information content (AvgIpc) is 3.04. The van der Waals surface area contributed by atoms with Crippen LogP contribution < -0.4 is 10.1 Å². The molecule has 1 atom stereocenters. The summed E-state index contributed by atoms with van der Waals surface area (Å²) < 4.78 is 5.20. The number of aryl methyl sites for hydroxylation is 2. The third-order valence-electron chi connectivity index (χ3n) is 3.75. The number of rotatable bonds is 9. The minimum absolute atomic E-state index is 0.596. The Morgan fingerprint density at radius 2 is 1.86 bits per heavy atom. The Balaban J connectivity index is 1.80. The average molecular weight is 303 g/mol. The zero-order valence-electron chi connectivity index (χ0n) is 13.0. The minimum atomic E-state index is 0.596. The Morgan fingerprint density at radius 1 is 1.10 bits per heavy atom. The van der Waals surface area contributed by atoms with Crippen molar-refractivity contribution >= 4 is 11.3 Å². The number of methoxy groups -OCH3 is 1. The lowest BCUT2D eigenvalue weighted by atomic mass is 10.0. The van der Waals surface area contributed by atoms with E-state index in [0.717, 1.165) is 18.7 Å². The molecule has 21 heavy (non-hydrogen) atoms. The Bertz CT molecular complexity index is 492. The molecule has 2 rings (SSSR count). The summed E-state index contributed by atoms with van der Waals surface area (Å²) >= 11 is 1.86. The first-order valence-electron chi connectivity index (χ1n) is 7.70. The fourth-order valence-corrected chi connectivity index (χ4v) is 3.27. The van der Waals surface area contributed by atoms with Gasteiger partial charge >= 0.3 is 0 Å². The summed E-state index contributed by atoms with van der Waals surface area (Å²) in [7, 11) is 1.71. The monoisotopic (exact) mass is 303 g/mol. The normalized spacial score (nSPS) is 12.3. The van der Waals surface area contributed by atoms with Crippen LogP contribution in [0.5, 0.6) is 5.75 Å². The van der Waals surface area contributed by atoms with Crippen molar-refractivity contribution in [2.75, 3.05) is 13.7 Å². The first-order chi connectivity index (χ1) is 10.3. The highest BCUT2D eigenvalue weighted by atomic mass is 32.1. The third kappa shape index (κ3) is 5.52. The van der Waals surface area contributed by atoms with E-state index in [4.69, 9.17) is 4.74 Å². The smallest absolute Gasteiger partial charge is 0.118 e. The molecule has 1 aromatic heterocycles. The first kappa shape index (κ1) is 16.1. The maximum absolute atomic E-state index is 5.20. The lowest BCUT2D eigenvalue weighted by molar-refractivity contribution is 0.414. The summed E-state index contributed by atoms with van der Waals surface area (Å²) in [5.41, 5.74) is 1.38. The highest BCUT2D eigenvalue weighted by Crippen LogP contribution is 2.16. The summed E-state index contributed by atoms with van der Waals surface area (Å²) in [6.07, 6.45) is 4.69. The number of nitrogens with one attached hydrogen (secondary N) is 1. The van der Waals surface area contributed by atoms with Gasteiger partial charge in [0.2, 0.25) is 0 Å². The summed E-state index contributed by atoms with van der Waals surface area (Å²) in [6, 6.07) is 13.4. The van der Waals surface area contributed by atoms with Gasteiger partial charge < -0.3 is 10.1 Å². The SMILES string of the molecule is CCNC(CCc1ccc(OC)cc1)CCc1cccs1. The molecule has 1 unspecified atom stereocenters. The summed E-state index contributed by atoms with van der Waals surface area (Å²) in [6.45, 7) is 3.23. The van der Waals surface area contributed by atoms with Crippen molar-refractivity contribution in [3.05, 3.63) is 52.2 Å². The quantitative estimate of drug-likeness (QED) is 0.745. The molecule has 0 saturated carbocycles. The van der Waals surface area contributed by atoms with Crippen molar-refractivity contribution in [3.63, 3.8) is 0 Å². The fourth-order valence-electron chi connectivity index (χ4n) is 2.54. The molecule has 1 heterocycles. The molecule has 3 heteroatoms. The maximum Gasteiger partial charge on any atom is 0.118 e. The van der Waals surface area contributed by atoms with E-state index >= 15 is 0 Å². The summed E-state index contributed by atoms with van der Waals surface area (Å²) in [5, 5.41) is 5.78. The highest BCUT2D eigenvalue weighted by molar-refractivity contribution is 7.09. The van der Waals surface area contributed by atoms with E-state index in [9.17, 15) is 0 Å². The van der Waals surface area contributed by atoms with Gasteiger partial charge in [0, 0.05) is 10.9 Å². The molecule has 0 aliphatic rings. The topological polar surface area (TPSA) is 21.3 Å². The number of thiophene rings is 1. The van der Waals surface area contributed by atoms with Crippen LogP contribution >= 0.6 is 11.3 Å². The molecule has 0 spiro atoms. The van der Waals surface area contributed by atoms with Gasteiger partial charge in [0.15, 0.2) is 0 Å². The van der Waals surface area contributed by atoms with E-state index < -0.39 is 0 Å². The molecule has 0 amide bonds. The molecule has 0 radical (unpaired) electrons. The predicted octanol–water partition coefficient (Wildman–Crippen LogP) is 4.30. The van der Waals surface area contributed by atoms with Gasteiger partial charge in [-0.2, -0.15) is 0 Å². The van der Waals surface area contributed by atoms with Crippen LogP contribution in [0.25, 0.3) is 0 Å². The molecule has 1 N–H and O–H groups in total. The molecular weight excluding hydrogens is 278 g/mol. The molecule has 2 nitrogen and oxygen atoms in total. The Labute approximate surface area is 132 Å². The van der Waals surface area contributed by atoms with Crippen molar-refractivity contribution < 1.29 is 4.74 Å². The van der Waals surface area contributed by atoms with Crippen molar-refractivity contribution in [1.82, 2.24) is 5.32 Å². The zero-order valence-corrected chi connectivity index (χ0v) is 13.8.